The minimum Gasteiger partial charge on any atom is -0.258 e. The molecule has 76 valence electrons. The fourth-order valence-corrected chi connectivity index (χ4v) is 1.49. The van der Waals surface area contributed by atoms with Crippen LogP contribution in [0.5, 0.6) is 0 Å². The van der Waals surface area contributed by atoms with Gasteiger partial charge in [0.1, 0.15) is 10.2 Å². The first-order chi connectivity index (χ1) is 6.45. The van der Waals surface area contributed by atoms with Gasteiger partial charge in [0.2, 0.25) is 0 Å². The second-order valence-electron chi connectivity index (χ2n) is 2.55. The van der Waals surface area contributed by atoms with Crippen LogP contribution in [0.25, 0.3) is 0 Å². The summed E-state index contributed by atoms with van der Waals surface area (Å²) >= 11 is 2.75. The molecule has 0 saturated carbocycles. The highest BCUT2D eigenvalue weighted by Crippen LogP contribution is 2.35. The summed E-state index contributed by atoms with van der Waals surface area (Å²) in [6, 6.07) is 0. The third kappa shape index (κ3) is 1.87. The van der Waals surface area contributed by atoms with E-state index in [1.54, 1.807) is 0 Å². The Morgan fingerprint density at radius 1 is 1.64 bits per heavy atom. The largest absolute Gasteiger partial charge is 0.285 e. The molecular weight excluding hydrogens is 262 g/mol. The number of nitro groups is 1. The molecule has 0 atom stereocenters. The van der Waals surface area contributed by atoms with E-state index in [2.05, 4.69) is 20.9 Å². The molecule has 0 aliphatic rings. The average Bonchev–Trinajstić information content (AvgIpc) is 2.07. The minimum absolute atomic E-state index is 0.119. The predicted octanol–water partition coefficient (Wildman–Crippen LogP) is 3.00. The summed E-state index contributed by atoms with van der Waals surface area (Å²) < 4.78 is 24.7. The molecule has 0 amide bonds. The molecule has 0 aliphatic carbocycles. The summed E-state index contributed by atoms with van der Waals surface area (Å²) in [7, 11) is 0. The van der Waals surface area contributed by atoms with Gasteiger partial charge in [0, 0.05) is 11.8 Å². The monoisotopic (exact) mass is 266 g/mol. The fraction of sp³-hybridized carbons (Fsp3) is 0.286. The number of pyridine rings is 1. The minimum atomic E-state index is -2.92. The molecule has 0 aliphatic heterocycles. The average molecular weight is 267 g/mol. The van der Waals surface area contributed by atoms with E-state index in [1.807, 2.05) is 0 Å². The topological polar surface area (TPSA) is 56.0 Å². The number of alkyl halides is 2. The number of nitrogens with zero attached hydrogens (tertiary/aromatic N) is 2. The fourth-order valence-electron chi connectivity index (χ4n) is 1.03. The van der Waals surface area contributed by atoms with Crippen LogP contribution in [0.3, 0.4) is 0 Å². The first kappa shape index (κ1) is 11.0. The van der Waals surface area contributed by atoms with Crippen molar-refractivity contribution < 1.29 is 13.7 Å². The van der Waals surface area contributed by atoms with Gasteiger partial charge < -0.3 is 0 Å². The molecule has 0 aromatic carbocycles. The molecule has 0 spiro atoms. The molecule has 0 N–H and O–H groups in total. The van der Waals surface area contributed by atoms with Gasteiger partial charge in [0.25, 0.3) is 12.1 Å². The van der Waals surface area contributed by atoms with Crippen molar-refractivity contribution in [2.75, 3.05) is 0 Å². The van der Waals surface area contributed by atoms with Crippen LogP contribution in [-0.2, 0) is 0 Å². The first-order valence-electron chi connectivity index (χ1n) is 3.52. The van der Waals surface area contributed by atoms with Crippen molar-refractivity contribution in [2.45, 2.75) is 13.3 Å². The second kappa shape index (κ2) is 3.95. The Bertz CT molecular complexity index is 384. The molecule has 1 aromatic heterocycles. The molecular formula is C7H5BrF2N2O2. The van der Waals surface area contributed by atoms with Gasteiger partial charge in [-0.2, -0.15) is 0 Å². The van der Waals surface area contributed by atoms with E-state index in [0.29, 0.717) is 0 Å². The van der Waals surface area contributed by atoms with Gasteiger partial charge in [0.15, 0.2) is 0 Å². The summed E-state index contributed by atoms with van der Waals surface area (Å²) in [5, 5.41) is 10.5. The third-order valence-electron chi connectivity index (χ3n) is 1.62. The van der Waals surface area contributed by atoms with Crippen molar-refractivity contribution >= 4 is 21.6 Å². The number of hydrogen-bond donors (Lipinski definition) is 0. The molecule has 0 radical (unpaired) electrons. The van der Waals surface area contributed by atoms with Crippen LogP contribution in [0.1, 0.15) is 17.6 Å². The zero-order valence-electron chi connectivity index (χ0n) is 7.00. The van der Waals surface area contributed by atoms with Crippen LogP contribution in [0, 0.1) is 17.0 Å². The van der Waals surface area contributed by atoms with Crippen LogP contribution in [-0.4, -0.2) is 9.91 Å². The lowest BCUT2D eigenvalue weighted by Gasteiger charge is -2.05. The van der Waals surface area contributed by atoms with Crippen molar-refractivity contribution in [3.63, 3.8) is 0 Å². The molecule has 1 heterocycles. The van der Waals surface area contributed by atoms with E-state index in [1.165, 1.54) is 13.1 Å². The van der Waals surface area contributed by atoms with E-state index in [0.717, 1.165) is 0 Å². The maximum Gasteiger partial charge on any atom is 0.285 e. The Labute approximate surface area is 86.2 Å². The molecule has 0 saturated heterocycles. The molecule has 0 bridgehead atoms. The summed E-state index contributed by atoms with van der Waals surface area (Å²) in [5.74, 6) is 0. The van der Waals surface area contributed by atoms with Gasteiger partial charge in [-0.3, -0.25) is 10.1 Å². The lowest BCUT2D eigenvalue weighted by Crippen LogP contribution is -2.01. The Balaban J connectivity index is 3.50. The summed E-state index contributed by atoms with van der Waals surface area (Å²) in [6.45, 7) is 1.36. The highest BCUT2D eigenvalue weighted by molar-refractivity contribution is 9.10. The van der Waals surface area contributed by atoms with Gasteiger partial charge in [-0.25, -0.2) is 13.8 Å². The van der Waals surface area contributed by atoms with Crippen molar-refractivity contribution in [2.24, 2.45) is 0 Å². The summed E-state index contributed by atoms with van der Waals surface area (Å²) in [6.07, 6.45) is -1.74. The van der Waals surface area contributed by atoms with Gasteiger partial charge in [-0.1, -0.05) is 0 Å². The SMILES string of the molecule is Cc1cnc(Br)c(C(F)F)c1[N+](=O)[O-]. The van der Waals surface area contributed by atoms with E-state index < -0.39 is 22.6 Å². The highest BCUT2D eigenvalue weighted by atomic mass is 79.9. The molecule has 1 rings (SSSR count). The second-order valence-corrected chi connectivity index (χ2v) is 3.30. The Morgan fingerprint density at radius 2 is 2.21 bits per heavy atom. The predicted molar refractivity (Wildman–Crippen MR) is 48.3 cm³/mol. The normalized spacial score (nSPS) is 10.6. The molecule has 1 aromatic rings. The summed E-state index contributed by atoms with van der Waals surface area (Å²) in [5.41, 5.74) is -1.13. The maximum atomic E-state index is 12.5. The van der Waals surface area contributed by atoms with E-state index >= 15 is 0 Å². The molecule has 7 heteroatoms. The van der Waals surface area contributed by atoms with E-state index in [9.17, 15) is 18.9 Å². The van der Waals surface area contributed by atoms with Crippen molar-refractivity contribution in [3.8, 4) is 0 Å². The van der Waals surface area contributed by atoms with Gasteiger partial charge in [0.05, 0.1) is 4.92 Å². The zero-order valence-corrected chi connectivity index (χ0v) is 8.59. The maximum absolute atomic E-state index is 12.5. The summed E-state index contributed by atoms with van der Waals surface area (Å²) in [4.78, 5) is 13.3. The zero-order chi connectivity index (χ0) is 10.9. The third-order valence-corrected chi connectivity index (χ3v) is 2.26. The first-order valence-corrected chi connectivity index (χ1v) is 4.32. The van der Waals surface area contributed by atoms with Crippen LogP contribution in [0.15, 0.2) is 10.8 Å². The lowest BCUT2D eigenvalue weighted by molar-refractivity contribution is -0.387. The van der Waals surface area contributed by atoms with Gasteiger partial charge in [-0.05, 0) is 22.9 Å². The number of aryl methyl sites for hydroxylation is 1. The van der Waals surface area contributed by atoms with E-state index in [-0.39, 0.29) is 10.2 Å². The Kier molecular flexibility index (Phi) is 3.10. The highest BCUT2D eigenvalue weighted by Gasteiger charge is 2.27. The lowest BCUT2D eigenvalue weighted by atomic mass is 10.2. The Morgan fingerprint density at radius 3 is 2.57 bits per heavy atom. The molecule has 0 unspecified atom stereocenters. The molecule has 0 fully saturated rings. The number of aromatic nitrogens is 1. The van der Waals surface area contributed by atoms with Crippen molar-refractivity contribution in [1.82, 2.24) is 4.98 Å². The smallest absolute Gasteiger partial charge is 0.258 e. The van der Waals surface area contributed by atoms with Crippen molar-refractivity contribution in [3.05, 3.63) is 32.0 Å². The number of hydrogen-bond acceptors (Lipinski definition) is 3. The van der Waals surface area contributed by atoms with Crippen molar-refractivity contribution in [1.29, 1.82) is 0 Å². The Hall–Kier alpha value is -1.11. The van der Waals surface area contributed by atoms with Crippen LogP contribution >= 0.6 is 15.9 Å². The number of rotatable bonds is 2. The van der Waals surface area contributed by atoms with Gasteiger partial charge >= 0.3 is 0 Å². The molecule has 4 nitrogen and oxygen atoms in total. The standard InChI is InChI=1S/C7H5BrF2N2O2/c1-3-2-11-6(8)4(7(9)10)5(3)12(13)14/h2,7H,1H3. The van der Waals surface area contributed by atoms with Crippen LogP contribution in [0.4, 0.5) is 14.5 Å². The van der Waals surface area contributed by atoms with Crippen LogP contribution < -0.4 is 0 Å². The van der Waals surface area contributed by atoms with Gasteiger partial charge in [-0.15, -0.1) is 0 Å². The number of halogens is 3. The molecule has 14 heavy (non-hydrogen) atoms. The van der Waals surface area contributed by atoms with E-state index in [4.69, 9.17) is 0 Å². The quantitative estimate of drug-likeness (QED) is 0.470. The van der Waals surface area contributed by atoms with Crippen LogP contribution in [0.2, 0.25) is 0 Å².